The van der Waals surface area contributed by atoms with Crippen molar-refractivity contribution < 1.29 is 9.31 Å². The second-order valence-electron chi connectivity index (χ2n) is 4.01. The fourth-order valence-corrected chi connectivity index (χ4v) is 2.00. The molecular weight excluding hydrogens is 306 g/mol. The van der Waals surface area contributed by atoms with Crippen LogP contribution in [0.3, 0.4) is 0 Å². The van der Waals surface area contributed by atoms with Gasteiger partial charge in [0.05, 0.1) is 15.6 Å². The quantitative estimate of drug-likeness (QED) is 0.660. The van der Waals surface area contributed by atoms with Gasteiger partial charge in [-0.25, -0.2) is 4.39 Å². The summed E-state index contributed by atoms with van der Waals surface area (Å²) in [7, 11) is 0. The predicted octanol–water partition coefficient (Wildman–Crippen LogP) is 4.65. The van der Waals surface area contributed by atoms with Crippen LogP contribution in [0.2, 0.25) is 10.0 Å². The van der Waals surface area contributed by atoms with E-state index in [2.05, 4.69) is 5.32 Å². The van der Waals surface area contributed by atoms with E-state index >= 15 is 0 Å². The van der Waals surface area contributed by atoms with Gasteiger partial charge < -0.3 is 5.32 Å². The summed E-state index contributed by atoms with van der Waals surface area (Å²) in [6, 6.07) is 8.04. The molecule has 4 nitrogen and oxygen atoms in total. The van der Waals surface area contributed by atoms with Crippen molar-refractivity contribution in [1.29, 1.82) is 0 Å². The molecule has 0 saturated carbocycles. The molecule has 7 heteroatoms. The number of anilines is 1. The minimum absolute atomic E-state index is 0.0588. The van der Waals surface area contributed by atoms with Gasteiger partial charge in [-0.3, -0.25) is 10.1 Å². The molecule has 0 amide bonds. The lowest BCUT2D eigenvalue weighted by Crippen LogP contribution is -2.02. The Balaban J connectivity index is 2.20. The van der Waals surface area contributed by atoms with Gasteiger partial charge in [0, 0.05) is 23.7 Å². The van der Waals surface area contributed by atoms with Crippen LogP contribution in [0.4, 0.5) is 15.8 Å². The van der Waals surface area contributed by atoms with Crippen LogP contribution in [-0.2, 0) is 6.54 Å². The van der Waals surface area contributed by atoms with E-state index in [0.717, 1.165) is 0 Å². The Hall–Kier alpha value is -1.85. The van der Waals surface area contributed by atoms with E-state index in [9.17, 15) is 14.5 Å². The molecule has 2 aromatic rings. The third kappa shape index (κ3) is 3.37. The van der Waals surface area contributed by atoms with Crippen LogP contribution in [0.5, 0.6) is 0 Å². The van der Waals surface area contributed by atoms with Crippen LogP contribution in [0.15, 0.2) is 36.4 Å². The molecule has 2 rings (SSSR count). The monoisotopic (exact) mass is 314 g/mol. The number of nitro benzene ring substituents is 1. The number of hydrogen-bond acceptors (Lipinski definition) is 3. The number of halogens is 3. The maximum atomic E-state index is 13.1. The number of non-ortho nitro benzene ring substituents is 1. The van der Waals surface area contributed by atoms with Crippen molar-refractivity contribution in [3.8, 4) is 0 Å². The van der Waals surface area contributed by atoms with Gasteiger partial charge in [-0.15, -0.1) is 0 Å². The molecule has 0 fully saturated rings. The molecule has 0 aliphatic rings. The molecule has 104 valence electrons. The van der Waals surface area contributed by atoms with E-state index in [1.807, 2.05) is 0 Å². The summed E-state index contributed by atoms with van der Waals surface area (Å²) in [5.74, 6) is -0.429. The summed E-state index contributed by atoms with van der Waals surface area (Å²) in [5.41, 5.74) is 0.868. The highest BCUT2D eigenvalue weighted by Gasteiger charge is 2.10. The van der Waals surface area contributed by atoms with E-state index in [0.29, 0.717) is 21.3 Å². The maximum absolute atomic E-state index is 13.1. The van der Waals surface area contributed by atoms with Crippen molar-refractivity contribution in [3.05, 3.63) is 67.9 Å². The second kappa shape index (κ2) is 6.07. The number of nitrogens with one attached hydrogen (secondary N) is 1. The smallest absolute Gasteiger partial charge is 0.269 e. The Morgan fingerprint density at radius 3 is 2.55 bits per heavy atom. The largest absolute Gasteiger partial charge is 0.380 e. The Morgan fingerprint density at radius 2 is 1.85 bits per heavy atom. The molecule has 0 spiro atoms. The summed E-state index contributed by atoms with van der Waals surface area (Å²) >= 11 is 11.9. The van der Waals surface area contributed by atoms with Gasteiger partial charge in [0.1, 0.15) is 5.82 Å². The van der Waals surface area contributed by atoms with Crippen LogP contribution in [0.25, 0.3) is 0 Å². The van der Waals surface area contributed by atoms with E-state index in [4.69, 9.17) is 23.2 Å². The zero-order chi connectivity index (χ0) is 14.7. The van der Waals surface area contributed by atoms with Gasteiger partial charge in [-0.2, -0.15) is 0 Å². The highest BCUT2D eigenvalue weighted by atomic mass is 35.5. The Morgan fingerprint density at radius 1 is 1.15 bits per heavy atom. The van der Waals surface area contributed by atoms with Crippen molar-refractivity contribution >= 4 is 34.6 Å². The van der Waals surface area contributed by atoms with Crippen LogP contribution in [0.1, 0.15) is 5.56 Å². The molecule has 0 heterocycles. The maximum Gasteiger partial charge on any atom is 0.269 e. The van der Waals surface area contributed by atoms with E-state index in [-0.39, 0.29) is 12.2 Å². The lowest BCUT2D eigenvalue weighted by atomic mass is 10.2. The van der Waals surface area contributed by atoms with E-state index in [1.54, 1.807) is 0 Å². The third-order valence-corrected chi connectivity index (χ3v) is 3.34. The van der Waals surface area contributed by atoms with Crippen molar-refractivity contribution in [2.24, 2.45) is 0 Å². The molecule has 1 N–H and O–H groups in total. The lowest BCUT2D eigenvalue weighted by Gasteiger charge is -2.09. The fraction of sp³-hybridized carbons (Fsp3) is 0.0769. The van der Waals surface area contributed by atoms with Gasteiger partial charge in [-0.1, -0.05) is 23.2 Å². The molecule has 0 unspecified atom stereocenters. The van der Waals surface area contributed by atoms with Crippen molar-refractivity contribution in [2.75, 3.05) is 5.32 Å². The number of nitro groups is 1. The number of nitrogens with zero attached hydrogens (tertiary/aromatic N) is 1. The first-order chi connectivity index (χ1) is 9.47. The summed E-state index contributed by atoms with van der Waals surface area (Å²) < 4.78 is 13.1. The Bertz CT molecular complexity index is 665. The highest BCUT2D eigenvalue weighted by Crippen LogP contribution is 2.26. The first-order valence-electron chi connectivity index (χ1n) is 5.59. The molecule has 0 aliphatic carbocycles. The molecule has 0 radical (unpaired) electrons. The summed E-state index contributed by atoms with van der Waals surface area (Å²) in [4.78, 5) is 10.2. The zero-order valence-corrected chi connectivity index (χ0v) is 11.6. The predicted molar refractivity (Wildman–Crippen MR) is 76.8 cm³/mol. The van der Waals surface area contributed by atoms with Crippen molar-refractivity contribution in [2.45, 2.75) is 6.54 Å². The Kier molecular flexibility index (Phi) is 4.42. The molecule has 0 saturated heterocycles. The highest BCUT2D eigenvalue weighted by molar-refractivity contribution is 6.33. The van der Waals surface area contributed by atoms with Gasteiger partial charge in [0.15, 0.2) is 0 Å². The molecule has 20 heavy (non-hydrogen) atoms. The molecule has 2 aromatic carbocycles. The summed E-state index contributed by atoms with van der Waals surface area (Å²) in [6.45, 7) is 0.198. The van der Waals surface area contributed by atoms with Crippen LogP contribution >= 0.6 is 23.2 Å². The average Bonchev–Trinajstić information content (AvgIpc) is 2.41. The van der Waals surface area contributed by atoms with Crippen LogP contribution < -0.4 is 5.32 Å². The topological polar surface area (TPSA) is 55.2 Å². The van der Waals surface area contributed by atoms with Gasteiger partial charge in [0.25, 0.3) is 5.69 Å². The summed E-state index contributed by atoms with van der Waals surface area (Å²) in [6.07, 6.45) is 0. The molecule has 0 bridgehead atoms. The standard InChI is InChI=1S/C13H9Cl2FN2O2/c14-11-4-2-10(18(19)20)5-8(11)7-17-13-6-9(16)1-3-12(13)15/h1-6,17H,7H2. The lowest BCUT2D eigenvalue weighted by molar-refractivity contribution is -0.384. The number of hydrogen-bond donors (Lipinski definition) is 1. The SMILES string of the molecule is O=[N+]([O-])c1ccc(Cl)c(CNc2cc(F)ccc2Cl)c1. The fourth-order valence-electron chi connectivity index (χ4n) is 1.63. The number of rotatable bonds is 4. The summed E-state index contributed by atoms with van der Waals surface area (Å²) in [5, 5.41) is 14.3. The molecular formula is C13H9Cl2FN2O2. The minimum Gasteiger partial charge on any atom is -0.380 e. The normalized spacial score (nSPS) is 10.3. The second-order valence-corrected chi connectivity index (χ2v) is 4.82. The first kappa shape index (κ1) is 14.6. The van der Waals surface area contributed by atoms with Crippen LogP contribution in [0, 0.1) is 15.9 Å². The zero-order valence-electron chi connectivity index (χ0n) is 10.1. The van der Waals surface area contributed by atoms with Crippen molar-refractivity contribution in [1.82, 2.24) is 0 Å². The van der Waals surface area contributed by atoms with Gasteiger partial charge >= 0.3 is 0 Å². The van der Waals surface area contributed by atoms with E-state index in [1.165, 1.54) is 36.4 Å². The average molecular weight is 315 g/mol. The van der Waals surface area contributed by atoms with Crippen LogP contribution in [-0.4, -0.2) is 4.92 Å². The number of benzene rings is 2. The van der Waals surface area contributed by atoms with Crippen molar-refractivity contribution in [3.63, 3.8) is 0 Å². The molecule has 0 aliphatic heterocycles. The minimum atomic E-state index is -0.505. The first-order valence-corrected chi connectivity index (χ1v) is 6.34. The third-order valence-electron chi connectivity index (χ3n) is 2.64. The Labute approximate surface area is 124 Å². The van der Waals surface area contributed by atoms with E-state index < -0.39 is 10.7 Å². The molecule has 0 atom stereocenters. The van der Waals surface area contributed by atoms with Gasteiger partial charge in [-0.05, 0) is 29.8 Å². The van der Waals surface area contributed by atoms with Gasteiger partial charge in [0.2, 0.25) is 0 Å². The molecule has 0 aromatic heterocycles.